The van der Waals surface area contributed by atoms with E-state index < -0.39 is 0 Å². The molecule has 4 nitrogen and oxygen atoms in total. The number of nitrogens with zero attached hydrogens (tertiary/aromatic N) is 2. The number of nitrogens with two attached hydrogens (primary N) is 1. The van der Waals surface area contributed by atoms with Crippen molar-refractivity contribution < 1.29 is 5.21 Å². The fraction of sp³-hybridized carbons (Fsp3) is 0.833. The van der Waals surface area contributed by atoms with E-state index in [0.29, 0.717) is 5.84 Å². The first-order valence-electron chi connectivity index (χ1n) is 3.40. The highest BCUT2D eigenvalue weighted by molar-refractivity contribution is 5.82. The van der Waals surface area contributed by atoms with E-state index in [2.05, 4.69) is 10.1 Å². The summed E-state index contributed by atoms with van der Waals surface area (Å²) in [6.07, 6.45) is 1.01. The van der Waals surface area contributed by atoms with Gasteiger partial charge in [0.1, 0.15) is 5.84 Å². The molecule has 10 heavy (non-hydrogen) atoms. The van der Waals surface area contributed by atoms with Crippen molar-refractivity contribution >= 4 is 5.84 Å². The summed E-state index contributed by atoms with van der Waals surface area (Å²) in [4.78, 5) is 2.17. The molecule has 0 amide bonds. The van der Waals surface area contributed by atoms with Gasteiger partial charge in [-0.2, -0.15) is 0 Å². The van der Waals surface area contributed by atoms with Gasteiger partial charge in [0.05, 0.1) is 0 Å². The first-order chi connectivity index (χ1) is 4.74. The van der Waals surface area contributed by atoms with Crippen LogP contribution in [0.2, 0.25) is 0 Å². The molecule has 1 heterocycles. The number of likely N-dealkylation sites (tertiary alicyclic amines) is 1. The molecule has 1 rings (SSSR count). The SMILES string of the molecule is CN1CCC(/C(N)=N/O)C1. The van der Waals surface area contributed by atoms with Crippen LogP contribution in [0.3, 0.4) is 0 Å². The molecule has 0 aromatic rings. The van der Waals surface area contributed by atoms with Crippen LogP contribution >= 0.6 is 0 Å². The summed E-state index contributed by atoms with van der Waals surface area (Å²) >= 11 is 0. The summed E-state index contributed by atoms with van der Waals surface area (Å²) in [6, 6.07) is 0. The molecule has 1 atom stereocenters. The molecule has 4 heteroatoms. The molecule has 1 saturated heterocycles. The van der Waals surface area contributed by atoms with Gasteiger partial charge in [0.25, 0.3) is 0 Å². The zero-order valence-corrected chi connectivity index (χ0v) is 6.12. The van der Waals surface area contributed by atoms with Gasteiger partial charge in [-0.3, -0.25) is 0 Å². The number of hydrogen-bond donors (Lipinski definition) is 2. The van der Waals surface area contributed by atoms with Crippen LogP contribution in [0.5, 0.6) is 0 Å². The highest BCUT2D eigenvalue weighted by Crippen LogP contribution is 2.13. The zero-order chi connectivity index (χ0) is 7.56. The Bertz CT molecular complexity index is 146. The molecule has 0 saturated carbocycles. The standard InChI is InChI=1S/C6H13N3O/c1-9-3-2-5(4-9)6(7)8-10/h5,10H,2-4H2,1H3,(H2,7,8). The number of amidine groups is 1. The predicted molar refractivity (Wildman–Crippen MR) is 39.0 cm³/mol. The lowest BCUT2D eigenvalue weighted by Crippen LogP contribution is -2.26. The molecule has 1 aliphatic rings. The summed E-state index contributed by atoms with van der Waals surface area (Å²) in [5.74, 6) is 0.624. The Labute approximate surface area is 60.3 Å². The second kappa shape index (κ2) is 2.88. The van der Waals surface area contributed by atoms with Crippen LogP contribution in [0.1, 0.15) is 6.42 Å². The lowest BCUT2D eigenvalue weighted by atomic mass is 10.1. The van der Waals surface area contributed by atoms with Gasteiger partial charge in [-0.15, -0.1) is 0 Å². The fourth-order valence-electron chi connectivity index (χ4n) is 1.26. The average molecular weight is 143 g/mol. The van der Waals surface area contributed by atoms with Gasteiger partial charge >= 0.3 is 0 Å². The van der Waals surface area contributed by atoms with Crippen LogP contribution in [0.15, 0.2) is 5.16 Å². The molecule has 0 radical (unpaired) electrons. The van der Waals surface area contributed by atoms with Gasteiger partial charge in [0.2, 0.25) is 0 Å². The van der Waals surface area contributed by atoms with Gasteiger partial charge in [0, 0.05) is 12.5 Å². The quantitative estimate of drug-likeness (QED) is 0.229. The van der Waals surface area contributed by atoms with Crippen LogP contribution in [0.25, 0.3) is 0 Å². The lowest BCUT2D eigenvalue weighted by molar-refractivity contribution is 0.313. The minimum atomic E-state index is 0.259. The fourth-order valence-corrected chi connectivity index (χ4v) is 1.26. The summed E-state index contributed by atoms with van der Waals surface area (Å²) in [5, 5.41) is 11.3. The number of rotatable bonds is 1. The first kappa shape index (κ1) is 7.34. The third-order valence-electron chi connectivity index (χ3n) is 1.93. The second-order valence-corrected chi connectivity index (χ2v) is 2.77. The van der Waals surface area contributed by atoms with Gasteiger partial charge in [0.15, 0.2) is 0 Å². The summed E-state index contributed by atoms with van der Waals surface area (Å²) in [6.45, 7) is 1.96. The molecule has 1 aliphatic heterocycles. The molecule has 0 bridgehead atoms. The second-order valence-electron chi connectivity index (χ2n) is 2.77. The molecule has 0 spiro atoms. The first-order valence-corrected chi connectivity index (χ1v) is 3.40. The molecular formula is C6H13N3O. The highest BCUT2D eigenvalue weighted by atomic mass is 16.4. The molecule has 0 aliphatic carbocycles. The van der Waals surface area contributed by atoms with E-state index in [4.69, 9.17) is 10.9 Å². The molecule has 1 fully saturated rings. The predicted octanol–water partition coefficient (Wildman–Crippen LogP) is -0.316. The van der Waals surface area contributed by atoms with Crippen molar-refractivity contribution in [2.24, 2.45) is 16.8 Å². The van der Waals surface area contributed by atoms with E-state index >= 15 is 0 Å². The Morgan fingerprint density at radius 3 is 2.90 bits per heavy atom. The van der Waals surface area contributed by atoms with Crippen molar-refractivity contribution in [2.45, 2.75) is 6.42 Å². The van der Waals surface area contributed by atoms with E-state index in [1.54, 1.807) is 0 Å². The van der Waals surface area contributed by atoms with E-state index in [9.17, 15) is 0 Å². The Morgan fingerprint density at radius 2 is 2.50 bits per heavy atom. The Kier molecular flexibility index (Phi) is 2.11. The third kappa shape index (κ3) is 1.39. The minimum absolute atomic E-state index is 0.259. The Morgan fingerprint density at radius 1 is 1.80 bits per heavy atom. The maximum absolute atomic E-state index is 8.33. The van der Waals surface area contributed by atoms with E-state index in [1.165, 1.54) is 0 Å². The van der Waals surface area contributed by atoms with E-state index in [0.717, 1.165) is 19.5 Å². The van der Waals surface area contributed by atoms with Gasteiger partial charge in [-0.25, -0.2) is 0 Å². The smallest absolute Gasteiger partial charge is 0.143 e. The summed E-state index contributed by atoms with van der Waals surface area (Å²) in [5.41, 5.74) is 5.41. The van der Waals surface area contributed by atoms with Crippen molar-refractivity contribution in [3.63, 3.8) is 0 Å². The van der Waals surface area contributed by atoms with Crippen LogP contribution in [-0.2, 0) is 0 Å². The van der Waals surface area contributed by atoms with E-state index in [-0.39, 0.29) is 5.92 Å². The van der Waals surface area contributed by atoms with E-state index in [1.807, 2.05) is 7.05 Å². The van der Waals surface area contributed by atoms with Gasteiger partial charge in [-0.05, 0) is 20.0 Å². The zero-order valence-electron chi connectivity index (χ0n) is 6.12. The maximum Gasteiger partial charge on any atom is 0.143 e. The monoisotopic (exact) mass is 143 g/mol. The highest BCUT2D eigenvalue weighted by Gasteiger charge is 2.22. The minimum Gasteiger partial charge on any atom is -0.409 e. The number of oxime groups is 1. The average Bonchev–Trinajstić information content (AvgIpc) is 2.34. The summed E-state index contributed by atoms with van der Waals surface area (Å²) < 4.78 is 0. The van der Waals surface area contributed by atoms with Crippen LogP contribution in [0, 0.1) is 5.92 Å². The van der Waals surface area contributed by atoms with Crippen molar-refractivity contribution in [3.05, 3.63) is 0 Å². The third-order valence-corrected chi connectivity index (χ3v) is 1.93. The van der Waals surface area contributed by atoms with Gasteiger partial charge in [-0.1, -0.05) is 5.16 Å². The van der Waals surface area contributed by atoms with Gasteiger partial charge < -0.3 is 15.8 Å². The van der Waals surface area contributed by atoms with Crippen LogP contribution in [0.4, 0.5) is 0 Å². The number of hydrogen-bond acceptors (Lipinski definition) is 3. The molecule has 0 aromatic carbocycles. The van der Waals surface area contributed by atoms with Crippen molar-refractivity contribution in [1.29, 1.82) is 0 Å². The summed E-state index contributed by atoms with van der Waals surface area (Å²) in [7, 11) is 2.03. The molecule has 58 valence electrons. The maximum atomic E-state index is 8.33. The van der Waals surface area contributed by atoms with Crippen LogP contribution in [-0.4, -0.2) is 36.1 Å². The molecule has 1 unspecified atom stereocenters. The molecular weight excluding hydrogens is 130 g/mol. The normalized spacial score (nSPS) is 29.3. The van der Waals surface area contributed by atoms with Crippen molar-refractivity contribution in [1.82, 2.24) is 4.90 Å². The largest absolute Gasteiger partial charge is 0.409 e. The topological polar surface area (TPSA) is 61.8 Å². The van der Waals surface area contributed by atoms with Crippen molar-refractivity contribution in [3.8, 4) is 0 Å². The Hall–Kier alpha value is -0.770. The lowest BCUT2D eigenvalue weighted by Gasteiger charge is -2.07. The Balaban J connectivity index is 2.45. The molecule has 3 N–H and O–H groups in total. The van der Waals surface area contributed by atoms with Crippen LogP contribution < -0.4 is 5.73 Å². The van der Waals surface area contributed by atoms with Crippen molar-refractivity contribution in [2.75, 3.05) is 20.1 Å². The molecule has 0 aromatic heterocycles.